The summed E-state index contributed by atoms with van der Waals surface area (Å²) >= 11 is 5.89. The summed E-state index contributed by atoms with van der Waals surface area (Å²) in [5.41, 5.74) is -0.344. The summed E-state index contributed by atoms with van der Waals surface area (Å²) in [6, 6.07) is 14.8. The molecule has 0 aliphatic carbocycles. The number of furan rings is 1. The molecule has 8 heteroatoms. The first-order valence-electron chi connectivity index (χ1n) is 9.07. The molecular weight excluding hydrogens is 408 g/mol. The van der Waals surface area contributed by atoms with Gasteiger partial charge in [0.25, 0.3) is 11.8 Å². The van der Waals surface area contributed by atoms with Gasteiger partial charge in [-0.1, -0.05) is 11.6 Å². The maximum absolute atomic E-state index is 12.9. The smallest absolute Gasteiger partial charge is 0.291 e. The standard InChI is InChI=1S/C22H21ClN2O5/c1-22(2,30-16-9-6-14(23)7-10-16)21(27)25-17-13-15(8-11-18(17)28-3)24-20(26)19-5-4-12-29-19/h4-13H,1-3H3,(H,24,26)(H,25,27). The van der Waals surface area contributed by atoms with Crippen molar-refractivity contribution in [2.45, 2.75) is 19.4 Å². The molecule has 3 aromatic rings. The van der Waals surface area contributed by atoms with Gasteiger partial charge >= 0.3 is 0 Å². The third-order valence-corrected chi connectivity index (χ3v) is 4.44. The Hall–Kier alpha value is -3.45. The monoisotopic (exact) mass is 428 g/mol. The van der Waals surface area contributed by atoms with Gasteiger partial charge in [0.1, 0.15) is 11.5 Å². The molecule has 7 nitrogen and oxygen atoms in total. The van der Waals surface area contributed by atoms with E-state index in [9.17, 15) is 9.59 Å². The van der Waals surface area contributed by atoms with Gasteiger partial charge in [-0.05, 0) is 68.4 Å². The Labute approximate surface area is 178 Å². The van der Waals surface area contributed by atoms with Crippen molar-refractivity contribution in [3.8, 4) is 11.5 Å². The van der Waals surface area contributed by atoms with E-state index in [1.54, 1.807) is 68.4 Å². The molecule has 0 saturated carbocycles. The summed E-state index contributed by atoms with van der Waals surface area (Å²) in [5, 5.41) is 6.07. The lowest BCUT2D eigenvalue weighted by molar-refractivity contribution is -0.128. The van der Waals surface area contributed by atoms with Crippen LogP contribution in [0, 0.1) is 0 Å². The van der Waals surface area contributed by atoms with E-state index in [1.165, 1.54) is 13.4 Å². The van der Waals surface area contributed by atoms with Crippen molar-refractivity contribution in [2.24, 2.45) is 0 Å². The number of halogens is 1. The zero-order valence-electron chi connectivity index (χ0n) is 16.7. The van der Waals surface area contributed by atoms with Crippen LogP contribution in [0.15, 0.2) is 65.3 Å². The van der Waals surface area contributed by atoms with Crippen molar-refractivity contribution in [3.63, 3.8) is 0 Å². The Morgan fingerprint density at radius 2 is 1.77 bits per heavy atom. The molecule has 3 rings (SSSR count). The molecule has 0 fully saturated rings. The van der Waals surface area contributed by atoms with Gasteiger partial charge < -0.3 is 24.5 Å². The number of carbonyl (C=O) groups is 2. The number of anilines is 2. The lowest BCUT2D eigenvalue weighted by atomic mass is 10.1. The van der Waals surface area contributed by atoms with Gasteiger partial charge in [0.05, 0.1) is 19.1 Å². The molecule has 0 unspecified atom stereocenters. The number of hydrogen-bond acceptors (Lipinski definition) is 5. The summed E-state index contributed by atoms with van der Waals surface area (Å²) in [6.07, 6.45) is 1.41. The average molecular weight is 429 g/mol. The molecule has 0 aliphatic heterocycles. The zero-order valence-corrected chi connectivity index (χ0v) is 17.4. The second-order valence-electron chi connectivity index (χ2n) is 6.87. The van der Waals surface area contributed by atoms with Gasteiger partial charge in [-0.2, -0.15) is 0 Å². The maximum Gasteiger partial charge on any atom is 0.291 e. The molecule has 0 radical (unpaired) electrons. The van der Waals surface area contributed by atoms with Crippen LogP contribution < -0.4 is 20.1 Å². The van der Waals surface area contributed by atoms with Crippen LogP contribution in [0.1, 0.15) is 24.4 Å². The maximum atomic E-state index is 12.9. The number of nitrogens with one attached hydrogen (secondary N) is 2. The van der Waals surface area contributed by atoms with Crippen LogP contribution in [0.25, 0.3) is 0 Å². The van der Waals surface area contributed by atoms with E-state index >= 15 is 0 Å². The molecular formula is C22H21ClN2O5. The normalized spacial score (nSPS) is 10.9. The fourth-order valence-corrected chi connectivity index (χ4v) is 2.73. The van der Waals surface area contributed by atoms with Crippen LogP contribution in [-0.2, 0) is 4.79 Å². The zero-order chi connectivity index (χ0) is 21.7. The summed E-state index contributed by atoms with van der Waals surface area (Å²) in [6.45, 7) is 3.29. The van der Waals surface area contributed by atoms with Crippen molar-refractivity contribution in [3.05, 3.63) is 71.6 Å². The van der Waals surface area contributed by atoms with Crippen LogP contribution in [-0.4, -0.2) is 24.5 Å². The minimum Gasteiger partial charge on any atom is -0.495 e. The molecule has 156 valence electrons. The average Bonchev–Trinajstić information content (AvgIpc) is 3.25. The number of amides is 2. The summed E-state index contributed by atoms with van der Waals surface area (Å²) in [5.74, 6) is 0.306. The topological polar surface area (TPSA) is 89.8 Å². The summed E-state index contributed by atoms with van der Waals surface area (Å²) < 4.78 is 16.2. The van der Waals surface area contributed by atoms with Crippen molar-refractivity contribution < 1.29 is 23.5 Å². The number of carbonyl (C=O) groups excluding carboxylic acids is 2. The van der Waals surface area contributed by atoms with Gasteiger partial charge in [0.2, 0.25) is 0 Å². The first kappa shape index (κ1) is 21.3. The van der Waals surface area contributed by atoms with E-state index in [0.717, 1.165) is 0 Å². The van der Waals surface area contributed by atoms with Crippen molar-refractivity contribution >= 4 is 34.8 Å². The number of benzene rings is 2. The SMILES string of the molecule is COc1ccc(NC(=O)c2ccco2)cc1NC(=O)C(C)(C)Oc1ccc(Cl)cc1. The fraction of sp³-hybridized carbons (Fsp3) is 0.182. The highest BCUT2D eigenvalue weighted by Crippen LogP contribution is 2.30. The summed E-state index contributed by atoms with van der Waals surface area (Å²) in [4.78, 5) is 25.1. The third-order valence-electron chi connectivity index (χ3n) is 4.18. The van der Waals surface area contributed by atoms with Crippen LogP contribution in [0.2, 0.25) is 5.02 Å². The van der Waals surface area contributed by atoms with Gasteiger partial charge in [-0.3, -0.25) is 9.59 Å². The molecule has 0 atom stereocenters. The van der Waals surface area contributed by atoms with Crippen LogP contribution in [0.5, 0.6) is 11.5 Å². The quantitative estimate of drug-likeness (QED) is 0.553. The van der Waals surface area contributed by atoms with Crippen LogP contribution in [0.3, 0.4) is 0 Å². The molecule has 1 heterocycles. The molecule has 2 aromatic carbocycles. The Morgan fingerprint density at radius 1 is 1.03 bits per heavy atom. The first-order valence-corrected chi connectivity index (χ1v) is 9.45. The number of ether oxygens (including phenoxy) is 2. The third kappa shape index (κ3) is 5.12. The molecule has 2 amide bonds. The number of hydrogen-bond donors (Lipinski definition) is 2. The summed E-state index contributed by atoms with van der Waals surface area (Å²) in [7, 11) is 1.49. The van der Waals surface area contributed by atoms with E-state index in [2.05, 4.69) is 10.6 Å². The van der Waals surface area contributed by atoms with E-state index < -0.39 is 17.4 Å². The lowest BCUT2D eigenvalue weighted by Crippen LogP contribution is -2.42. The van der Waals surface area contributed by atoms with Crippen molar-refractivity contribution in [1.82, 2.24) is 0 Å². The number of rotatable bonds is 7. The Bertz CT molecular complexity index is 1030. The molecule has 0 bridgehead atoms. The van der Waals surface area contributed by atoms with Gasteiger partial charge in [0, 0.05) is 10.7 Å². The molecule has 0 aliphatic rings. The molecule has 30 heavy (non-hydrogen) atoms. The lowest BCUT2D eigenvalue weighted by Gasteiger charge is -2.26. The highest BCUT2D eigenvalue weighted by Gasteiger charge is 2.31. The van der Waals surface area contributed by atoms with E-state index in [4.69, 9.17) is 25.5 Å². The molecule has 1 aromatic heterocycles. The van der Waals surface area contributed by atoms with Crippen molar-refractivity contribution in [1.29, 1.82) is 0 Å². The van der Waals surface area contributed by atoms with Gasteiger partial charge in [0.15, 0.2) is 11.4 Å². The Balaban J connectivity index is 1.75. The number of methoxy groups -OCH3 is 1. The first-order chi connectivity index (χ1) is 14.3. The fourth-order valence-electron chi connectivity index (χ4n) is 2.60. The molecule has 0 spiro atoms. The molecule has 0 saturated heterocycles. The van der Waals surface area contributed by atoms with E-state index in [-0.39, 0.29) is 5.76 Å². The minimum atomic E-state index is -1.19. The highest BCUT2D eigenvalue weighted by molar-refractivity contribution is 6.30. The van der Waals surface area contributed by atoms with E-state index in [1.807, 2.05) is 0 Å². The second kappa shape index (κ2) is 8.92. The van der Waals surface area contributed by atoms with Crippen molar-refractivity contribution in [2.75, 3.05) is 17.7 Å². The van der Waals surface area contributed by atoms with Gasteiger partial charge in [-0.15, -0.1) is 0 Å². The minimum absolute atomic E-state index is 0.175. The second-order valence-corrected chi connectivity index (χ2v) is 7.30. The van der Waals surface area contributed by atoms with E-state index in [0.29, 0.717) is 27.9 Å². The largest absolute Gasteiger partial charge is 0.495 e. The van der Waals surface area contributed by atoms with Gasteiger partial charge in [-0.25, -0.2) is 0 Å². The van der Waals surface area contributed by atoms with Crippen LogP contribution >= 0.6 is 11.6 Å². The molecule has 2 N–H and O–H groups in total. The Kier molecular flexibility index (Phi) is 6.32. The predicted octanol–water partition coefficient (Wildman–Crippen LogP) is 4.99. The highest BCUT2D eigenvalue weighted by atomic mass is 35.5. The predicted molar refractivity (Wildman–Crippen MR) is 114 cm³/mol. The Morgan fingerprint density at radius 3 is 2.40 bits per heavy atom. The van der Waals surface area contributed by atoms with Crippen LogP contribution in [0.4, 0.5) is 11.4 Å².